The van der Waals surface area contributed by atoms with Crippen molar-refractivity contribution < 1.29 is 15.0 Å². The summed E-state index contributed by atoms with van der Waals surface area (Å²) in [5.74, 6) is -0.0696. The monoisotopic (exact) mass is 802 g/mol. The molecule has 338 valence electrons. The number of carbonyl (C=O) groups is 1. The molecule has 2 unspecified atom stereocenters. The normalized spacial score (nSPS) is 13.0. The molecule has 0 saturated carbocycles. The average Bonchev–Trinajstić information content (AvgIpc) is 3.22. The summed E-state index contributed by atoms with van der Waals surface area (Å²) in [5, 5.41) is 23.1. The van der Waals surface area contributed by atoms with Crippen LogP contribution in [0.15, 0.2) is 24.3 Å². The van der Waals surface area contributed by atoms with E-state index >= 15 is 0 Å². The van der Waals surface area contributed by atoms with Crippen LogP contribution in [0.25, 0.3) is 0 Å². The molecule has 4 heteroatoms. The molecular weight excluding hydrogens is 699 g/mol. The van der Waals surface area contributed by atoms with Crippen molar-refractivity contribution in [3.05, 3.63) is 24.3 Å². The summed E-state index contributed by atoms with van der Waals surface area (Å²) in [4.78, 5) is 12.4. The minimum absolute atomic E-state index is 0.0696. The van der Waals surface area contributed by atoms with Crippen molar-refractivity contribution in [3.8, 4) is 0 Å². The van der Waals surface area contributed by atoms with E-state index in [-0.39, 0.29) is 12.5 Å². The second-order valence-corrected chi connectivity index (χ2v) is 17.9. The molecule has 0 radical (unpaired) electrons. The third-order valence-electron chi connectivity index (χ3n) is 12.2. The zero-order chi connectivity index (χ0) is 41.4. The SMILES string of the molecule is CCCCCCCCCCCCCCCCCCCCCCCCCC/C=C/CC/C=C/C(O)C(CO)NC(=O)CCCCCCCCCCCCCCCCC. The molecule has 4 nitrogen and oxygen atoms in total. The molecule has 0 saturated heterocycles. The molecule has 1 amide bonds. The second kappa shape index (κ2) is 49.2. The lowest BCUT2D eigenvalue weighted by molar-refractivity contribution is -0.123. The van der Waals surface area contributed by atoms with Gasteiger partial charge in [-0.15, -0.1) is 0 Å². The van der Waals surface area contributed by atoms with Crippen molar-refractivity contribution in [2.45, 2.75) is 302 Å². The van der Waals surface area contributed by atoms with Gasteiger partial charge in [0.15, 0.2) is 0 Å². The maximum atomic E-state index is 12.4. The number of aliphatic hydroxyl groups excluding tert-OH is 2. The van der Waals surface area contributed by atoms with Gasteiger partial charge in [0.2, 0.25) is 5.91 Å². The first-order valence-corrected chi connectivity index (χ1v) is 26.1. The summed E-state index contributed by atoms with van der Waals surface area (Å²) < 4.78 is 0. The van der Waals surface area contributed by atoms with Crippen LogP contribution in [0.4, 0.5) is 0 Å². The van der Waals surface area contributed by atoms with Gasteiger partial charge in [0.05, 0.1) is 18.8 Å². The number of nitrogens with one attached hydrogen (secondary N) is 1. The number of carbonyl (C=O) groups excluding carboxylic acids is 1. The van der Waals surface area contributed by atoms with E-state index in [1.165, 1.54) is 238 Å². The van der Waals surface area contributed by atoms with Crippen molar-refractivity contribution in [2.24, 2.45) is 0 Å². The zero-order valence-corrected chi connectivity index (χ0v) is 38.9. The lowest BCUT2D eigenvalue weighted by Gasteiger charge is -2.19. The largest absolute Gasteiger partial charge is 0.394 e. The fraction of sp³-hybridized carbons (Fsp3) is 0.906. The Morgan fingerprint density at radius 2 is 0.684 bits per heavy atom. The molecule has 0 aliphatic rings. The fourth-order valence-corrected chi connectivity index (χ4v) is 8.20. The van der Waals surface area contributed by atoms with E-state index in [4.69, 9.17) is 0 Å². The van der Waals surface area contributed by atoms with E-state index in [1.807, 2.05) is 6.08 Å². The highest BCUT2D eigenvalue weighted by molar-refractivity contribution is 5.76. The van der Waals surface area contributed by atoms with E-state index in [2.05, 4.69) is 31.3 Å². The molecule has 2 atom stereocenters. The Balaban J connectivity index is 3.49. The van der Waals surface area contributed by atoms with Crippen LogP contribution < -0.4 is 5.32 Å². The zero-order valence-electron chi connectivity index (χ0n) is 38.9. The maximum Gasteiger partial charge on any atom is 0.220 e. The molecule has 0 bridgehead atoms. The van der Waals surface area contributed by atoms with Crippen molar-refractivity contribution in [3.63, 3.8) is 0 Å². The van der Waals surface area contributed by atoms with Crippen LogP contribution in [-0.2, 0) is 4.79 Å². The predicted molar refractivity (Wildman–Crippen MR) is 253 cm³/mol. The molecule has 0 aromatic heterocycles. The standard InChI is InChI=1S/C53H103NO3/c1-3-5-7-9-11-13-15-17-19-20-21-22-23-24-25-26-27-28-29-30-31-32-33-35-36-38-40-42-44-46-48-52(56)51(50-55)54-53(57)49-47-45-43-41-39-37-34-18-16-14-12-10-8-6-4-2/h38,40,46,48,51-52,55-56H,3-37,39,41-45,47,49-50H2,1-2H3,(H,54,57)/b40-38+,48-46+. The number of aliphatic hydroxyl groups is 2. The highest BCUT2D eigenvalue weighted by atomic mass is 16.3. The van der Waals surface area contributed by atoms with Crippen LogP contribution in [0.1, 0.15) is 290 Å². The van der Waals surface area contributed by atoms with Gasteiger partial charge in [-0.1, -0.05) is 276 Å². The van der Waals surface area contributed by atoms with Gasteiger partial charge in [-0.25, -0.2) is 0 Å². The Morgan fingerprint density at radius 3 is 1.02 bits per heavy atom. The van der Waals surface area contributed by atoms with Crippen LogP contribution in [0, 0.1) is 0 Å². The summed E-state index contributed by atoms with van der Waals surface area (Å²) in [6.07, 6.45) is 64.8. The summed E-state index contributed by atoms with van der Waals surface area (Å²) in [6.45, 7) is 4.32. The summed E-state index contributed by atoms with van der Waals surface area (Å²) in [7, 11) is 0. The Morgan fingerprint density at radius 1 is 0.404 bits per heavy atom. The van der Waals surface area contributed by atoms with Gasteiger partial charge in [0.25, 0.3) is 0 Å². The lowest BCUT2D eigenvalue weighted by atomic mass is 10.0. The summed E-state index contributed by atoms with van der Waals surface area (Å²) in [5.41, 5.74) is 0. The number of unbranched alkanes of at least 4 members (excludes halogenated alkanes) is 39. The number of rotatable bonds is 48. The first kappa shape index (κ1) is 55.9. The van der Waals surface area contributed by atoms with Crippen LogP contribution >= 0.6 is 0 Å². The van der Waals surface area contributed by atoms with Gasteiger partial charge >= 0.3 is 0 Å². The van der Waals surface area contributed by atoms with Crippen LogP contribution in [-0.4, -0.2) is 34.9 Å². The van der Waals surface area contributed by atoms with Gasteiger partial charge in [-0.3, -0.25) is 4.79 Å². The third-order valence-corrected chi connectivity index (χ3v) is 12.2. The van der Waals surface area contributed by atoms with Gasteiger partial charge < -0.3 is 15.5 Å². The highest BCUT2D eigenvalue weighted by Gasteiger charge is 2.17. The van der Waals surface area contributed by atoms with Gasteiger partial charge in [0, 0.05) is 6.42 Å². The van der Waals surface area contributed by atoms with Gasteiger partial charge in [0.1, 0.15) is 0 Å². The Bertz CT molecular complexity index is 825. The summed E-state index contributed by atoms with van der Waals surface area (Å²) in [6, 6.07) is -0.635. The van der Waals surface area contributed by atoms with Gasteiger partial charge in [-0.05, 0) is 32.1 Å². The van der Waals surface area contributed by atoms with Gasteiger partial charge in [-0.2, -0.15) is 0 Å². The van der Waals surface area contributed by atoms with E-state index in [9.17, 15) is 15.0 Å². The van der Waals surface area contributed by atoms with Crippen LogP contribution in [0.5, 0.6) is 0 Å². The second-order valence-electron chi connectivity index (χ2n) is 17.9. The van der Waals surface area contributed by atoms with E-state index in [0.717, 1.165) is 32.1 Å². The molecule has 57 heavy (non-hydrogen) atoms. The molecule has 0 aromatic rings. The number of amides is 1. The number of hydrogen-bond acceptors (Lipinski definition) is 3. The quantitative estimate of drug-likeness (QED) is 0.0424. The molecule has 3 N–H and O–H groups in total. The van der Waals surface area contributed by atoms with Crippen molar-refractivity contribution in [2.75, 3.05) is 6.61 Å². The van der Waals surface area contributed by atoms with Crippen molar-refractivity contribution in [1.29, 1.82) is 0 Å². The minimum Gasteiger partial charge on any atom is -0.394 e. The molecule has 0 fully saturated rings. The van der Waals surface area contributed by atoms with Crippen molar-refractivity contribution >= 4 is 5.91 Å². The van der Waals surface area contributed by atoms with Crippen LogP contribution in [0.2, 0.25) is 0 Å². The summed E-state index contributed by atoms with van der Waals surface area (Å²) >= 11 is 0. The van der Waals surface area contributed by atoms with Crippen molar-refractivity contribution in [1.82, 2.24) is 5.32 Å². The molecular formula is C53H103NO3. The van der Waals surface area contributed by atoms with Crippen LogP contribution in [0.3, 0.4) is 0 Å². The molecule has 0 aliphatic heterocycles. The molecule has 0 spiro atoms. The molecule has 0 aliphatic carbocycles. The van der Waals surface area contributed by atoms with E-state index in [1.54, 1.807) is 6.08 Å². The molecule has 0 aromatic carbocycles. The topological polar surface area (TPSA) is 69.6 Å². The fourth-order valence-electron chi connectivity index (χ4n) is 8.20. The molecule has 0 rings (SSSR count). The first-order valence-electron chi connectivity index (χ1n) is 26.1. The smallest absolute Gasteiger partial charge is 0.220 e. The average molecular weight is 802 g/mol. The Labute approximate surface area is 358 Å². The highest BCUT2D eigenvalue weighted by Crippen LogP contribution is 2.17. The lowest BCUT2D eigenvalue weighted by Crippen LogP contribution is -2.45. The Hall–Kier alpha value is -1.13. The number of allylic oxidation sites excluding steroid dienone is 3. The molecule has 0 heterocycles. The first-order chi connectivity index (χ1) is 28.2. The van der Waals surface area contributed by atoms with E-state index < -0.39 is 12.1 Å². The third kappa shape index (κ3) is 45.8. The predicted octanol–water partition coefficient (Wildman–Crippen LogP) is 16.8. The maximum absolute atomic E-state index is 12.4. The van der Waals surface area contributed by atoms with E-state index in [0.29, 0.717) is 6.42 Å². The minimum atomic E-state index is -0.859. The Kier molecular flexibility index (Phi) is 48.3. The number of hydrogen-bond donors (Lipinski definition) is 3.